The number of aromatic nitrogens is 1. The summed E-state index contributed by atoms with van der Waals surface area (Å²) in [4.78, 5) is 31.5. The Morgan fingerprint density at radius 1 is 0.828 bits per heavy atom. The number of carbonyl (C=O) groups excluding carboxylic acids is 2. The maximum atomic E-state index is 12.8. The second-order valence-corrected chi connectivity index (χ2v) is 6.86. The summed E-state index contributed by atoms with van der Waals surface area (Å²) in [6, 6.07) is 18.1. The molecule has 0 spiro atoms. The van der Waals surface area contributed by atoms with Gasteiger partial charge in [0.25, 0.3) is 11.8 Å². The van der Waals surface area contributed by atoms with Crippen molar-refractivity contribution in [2.24, 2.45) is 0 Å². The van der Waals surface area contributed by atoms with E-state index in [9.17, 15) is 9.59 Å². The van der Waals surface area contributed by atoms with Crippen molar-refractivity contribution in [1.29, 1.82) is 0 Å². The fourth-order valence-electron chi connectivity index (χ4n) is 3.31. The third kappa shape index (κ3) is 4.29. The zero-order valence-corrected chi connectivity index (χ0v) is 15.9. The number of hydrogen-bond acceptors (Lipinski definition) is 5. The van der Waals surface area contributed by atoms with Crippen molar-refractivity contribution >= 4 is 17.7 Å². The number of rotatable bonds is 4. The standard InChI is InChI=1S/C22H22N4O3/c27-19(16-10-4-1-5-11-16)24-25-20(28)18-22(26-14-8-3-9-15-26)29-21(23-18)17-12-6-2-7-13-17/h1-2,4-7,10-13H,3,8-9,14-15H2,(H,24,27)(H,25,28). The van der Waals surface area contributed by atoms with E-state index in [1.807, 2.05) is 41.3 Å². The van der Waals surface area contributed by atoms with Gasteiger partial charge in [0.05, 0.1) is 0 Å². The lowest BCUT2D eigenvalue weighted by molar-refractivity contribution is 0.0844. The number of hydrogen-bond donors (Lipinski definition) is 2. The van der Waals surface area contributed by atoms with E-state index in [0.29, 0.717) is 17.3 Å². The summed E-state index contributed by atoms with van der Waals surface area (Å²) >= 11 is 0. The summed E-state index contributed by atoms with van der Waals surface area (Å²) in [5.41, 5.74) is 6.30. The Bertz CT molecular complexity index is 980. The number of carbonyl (C=O) groups is 2. The molecular formula is C22H22N4O3. The molecular weight excluding hydrogens is 368 g/mol. The summed E-state index contributed by atoms with van der Waals surface area (Å²) in [6.07, 6.45) is 3.23. The third-order valence-electron chi connectivity index (χ3n) is 4.81. The van der Waals surface area contributed by atoms with Gasteiger partial charge in [-0.15, -0.1) is 0 Å². The van der Waals surface area contributed by atoms with Crippen molar-refractivity contribution in [3.63, 3.8) is 0 Å². The molecule has 148 valence electrons. The van der Waals surface area contributed by atoms with E-state index >= 15 is 0 Å². The summed E-state index contributed by atoms with van der Waals surface area (Å²) in [5, 5.41) is 0. The molecule has 2 N–H and O–H groups in total. The van der Waals surface area contributed by atoms with Crippen LogP contribution in [-0.2, 0) is 0 Å². The highest BCUT2D eigenvalue weighted by atomic mass is 16.4. The van der Waals surface area contributed by atoms with Crippen LogP contribution in [0.4, 0.5) is 5.88 Å². The molecule has 1 aliphatic heterocycles. The monoisotopic (exact) mass is 390 g/mol. The fourth-order valence-corrected chi connectivity index (χ4v) is 3.31. The molecule has 0 aliphatic carbocycles. The molecule has 2 aromatic carbocycles. The molecule has 0 atom stereocenters. The van der Waals surface area contributed by atoms with Crippen molar-refractivity contribution in [3.8, 4) is 11.5 Å². The van der Waals surface area contributed by atoms with E-state index in [0.717, 1.165) is 37.9 Å². The Morgan fingerprint density at radius 2 is 1.45 bits per heavy atom. The second-order valence-electron chi connectivity index (χ2n) is 6.86. The summed E-state index contributed by atoms with van der Waals surface area (Å²) in [6.45, 7) is 1.61. The molecule has 1 saturated heterocycles. The van der Waals surface area contributed by atoms with Crippen LogP contribution in [0.1, 0.15) is 40.1 Å². The molecule has 2 amide bonds. The topological polar surface area (TPSA) is 87.5 Å². The zero-order valence-electron chi connectivity index (χ0n) is 15.9. The van der Waals surface area contributed by atoms with E-state index < -0.39 is 11.8 Å². The van der Waals surface area contributed by atoms with Crippen LogP contribution in [0.3, 0.4) is 0 Å². The fraction of sp³-hybridized carbons (Fsp3) is 0.227. The highest BCUT2D eigenvalue weighted by Crippen LogP contribution is 2.30. The van der Waals surface area contributed by atoms with Crippen molar-refractivity contribution in [3.05, 3.63) is 71.9 Å². The van der Waals surface area contributed by atoms with Crippen LogP contribution in [0.25, 0.3) is 11.5 Å². The minimum absolute atomic E-state index is 0.166. The summed E-state index contributed by atoms with van der Waals surface area (Å²) in [7, 11) is 0. The number of piperidine rings is 1. The van der Waals surface area contributed by atoms with Crippen LogP contribution < -0.4 is 15.8 Å². The molecule has 0 bridgehead atoms. The number of nitrogens with one attached hydrogen (secondary N) is 2. The Kier molecular flexibility index (Phi) is 5.56. The first-order valence-corrected chi connectivity index (χ1v) is 9.69. The minimum atomic E-state index is -0.513. The molecule has 0 saturated carbocycles. The van der Waals surface area contributed by atoms with Crippen LogP contribution in [-0.4, -0.2) is 29.9 Å². The van der Waals surface area contributed by atoms with Gasteiger partial charge in [0.15, 0.2) is 5.69 Å². The van der Waals surface area contributed by atoms with E-state index in [-0.39, 0.29) is 5.69 Å². The van der Waals surface area contributed by atoms with Crippen molar-refractivity contribution in [1.82, 2.24) is 15.8 Å². The molecule has 29 heavy (non-hydrogen) atoms. The lowest BCUT2D eigenvalue weighted by Crippen LogP contribution is -2.42. The number of anilines is 1. The Hall–Kier alpha value is -3.61. The number of hydrazine groups is 1. The van der Waals surface area contributed by atoms with Crippen molar-refractivity contribution < 1.29 is 14.0 Å². The summed E-state index contributed by atoms with van der Waals surface area (Å²) < 4.78 is 5.99. The maximum absolute atomic E-state index is 12.8. The van der Waals surface area contributed by atoms with Gasteiger partial charge in [-0.3, -0.25) is 20.4 Å². The van der Waals surface area contributed by atoms with Gasteiger partial charge in [-0.2, -0.15) is 0 Å². The number of amides is 2. The SMILES string of the molecule is O=C(NNC(=O)c1nc(-c2ccccc2)oc1N1CCCCC1)c1ccccc1. The van der Waals surface area contributed by atoms with Crippen LogP contribution in [0.2, 0.25) is 0 Å². The largest absolute Gasteiger partial charge is 0.420 e. The van der Waals surface area contributed by atoms with Crippen LogP contribution >= 0.6 is 0 Å². The second kappa shape index (κ2) is 8.60. The molecule has 7 nitrogen and oxygen atoms in total. The van der Waals surface area contributed by atoms with Gasteiger partial charge in [-0.05, 0) is 43.5 Å². The molecule has 2 heterocycles. The van der Waals surface area contributed by atoms with Gasteiger partial charge in [0, 0.05) is 24.2 Å². The lowest BCUT2D eigenvalue weighted by atomic mass is 10.1. The molecule has 7 heteroatoms. The Labute approximate surface area is 168 Å². The zero-order chi connectivity index (χ0) is 20.1. The smallest absolute Gasteiger partial charge is 0.293 e. The normalized spacial score (nSPS) is 13.7. The van der Waals surface area contributed by atoms with E-state index in [1.165, 1.54) is 0 Å². The average Bonchev–Trinajstić information content (AvgIpc) is 3.25. The van der Waals surface area contributed by atoms with Gasteiger partial charge in [-0.1, -0.05) is 36.4 Å². The van der Waals surface area contributed by atoms with Gasteiger partial charge in [0.2, 0.25) is 11.8 Å². The molecule has 1 aromatic heterocycles. The number of benzene rings is 2. The van der Waals surface area contributed by atoms with Crippen LogP contribution in [0, 0.1) is 0 Å². The first-order valence-electron chi connectivity index (χ1n) is 9.69. The quantitative estimate of drug-likeness (QED) is 0.667. The predicted octanol–water partition coefficient (Wildman–Crippen LogP) is 3.41. The highest BCUT2D eigenvalue weighted by molar-refractivity contribution is 6.00. The maximum Gasteiger partial charge on any atom is 0.293 e. The van der Waals surface area contributed by atoms with Crippen molar-refractivity contribution in [2.75, 3.05) is 18.0 Å². The Balaban J connectivity index is 1.56. The average molecular weight is 390 g/mol. The molecule has 1 fully saturated rings. The molecule has 0 radical (unpaired) electrons. The minimum Gasteiger partial charge on any atom is -0.420 e. The summed E-state index contributed by atoms with van der Waals surface area (Å²) in [5.74, 6) is -0.0910. The number of nitrogens with zero attached hydrogens (tertiary/aromatic N) is 2. The molecule has 1 aliphatic rings. The molecule has 3 aromatic rings. The first-order chi connectivity index (χ1) is 14.2. The van der Waals surface area contributed by atoms with Gasteiger partial charge in [-0.25, -0.2) is 4.98 Å². The van der Waals surface area contributed by atoms with Crippen LogP contribution in [0.15, 0.2) is 65.1 Å². The van der Waals surface area contributed by atoms with E-state index in [2.05, 4.69) is 15.8 Å². The van der Waals surface area contributed by atoms with Gasteiger partial charge >= 0.3 is 0 Å². The van der Waals surface area contributed by atoms with Crippen LogP contribution in [0.5, 0.6) is 0 Å². The lowest BCUT2D eigenvalue weighted by Gasteiger charge is -2.26. The first kappa shape index (κ1) is 18.7. The van der Waals surface area contributed by atoms with Gasteiger partial charge < -0.3 is 9.32 Å². The van der Waals surface area contributed by atoms with Gasteiger partial charge in [0.1, 0.15) is 0 Å². The molecule has 0 unspecified atom stereocenters. The number of oxazole rings is 1. The van der Waals surface area contributed by atoms with Crippen molar-refractivity contribution in [2.45, 2.75) is 19.3 Å². The Morgan fingerprint density at radius 3 is 2.14 bits per heavy atom. The predicted molar refractivity (Wildman–Crippen MR) is 109 cm³/mol. The molecule has 4 rings (SSSR count). The highest BCUT2D eigenvalue weighted by Gasteiger charge is 2.26. The third-order valence-corrected chi connectivity index (χ3v) is 4.81. The van der Waals surface area contributed by atoms with E-state index in [4.69, 9.17) is 4.42 Å². The van der Waals surface area contributed by atoms with E-state index in [1.54, 1.807) is 24.3 Å².